The Morgan fingerprint density at radius 2 is 1.56 bits per heavy atom. The average Bonchev–Trinajstić information content (AvgIpc) is 3.15. The Bertz CT molecular complexity index is 1200. The largest absolute Gasteiger partial charge is 0.307 e. The van der Waals surface area contributed by atoms with Crippen molar-refractivity contribution in [3.8, 4) is 11.3 Å². The number of aromatic nitrogens is 4. The molecule has 2 aromatic carbocycles. The summed E-state index contributed by atoms with van der Waals surface area (Å²) in [6.45, 7) is 0. The minimum absolute atomic E-state index is 0.755. The van der Waals surface area contributed by atoms with Gasteiger partial charge in [0.25, 0.3) is 0 Å². The van der Waals surface area contributed by atoms with Crippen LogP contribution in [0.5, 0.6) is 0 Å². The van der Waals surface area contributed by atoms with E-state index in [2.05, 4.69) is 45.6 Å². The highest BCUT2D eigenvalue weighted by atomic mass is 32.2. The number of thioether (sulfide) groups is 1. The number of nitrogens with zero attached hydrogens (tertiary/aromatic N) is 4. The molecule has 0 unspecified atom stereocenters. The number of benzene rings is 2. The van der Waals surface area contributed by atoms with E-state index in [0.717, 1.165) is 44.1 Å². The van der Waals surface area contributed by atoms with E-state index in [0.29, 0.717) is 0 Å². The second-order valence-electron chi connectivity index (χ2n) is 6.25. The fourth-order valence-electron chi connectivity index (χ4n) is 3.19. The Balaban J connectivity index is 1.50. The molecule has 0 fully saturated rings. The van der Waals surface area contributed by atoms with Gasteiger partial charge < -0.3 is 4.40 Å². The molecule has 3 aromatic heterocycles. The maximum Gasteiger partial charge on any atom is 0.137 e. The van der Waals surface area contributed by atoms with Gasteiger partial charge in [0.15, 0.2) is 0 Å². The summed E-state index contributed by atoms with van der Waals surface area (Å²) in [5.74, 6) is 0.755. The van der Waals surface area contributed by atoms with Crippen molar-refractivity contribution in [1.82, 2.24) is 19.6 Å². The monoisotopic (exact) mass is 368 g/mol. The molecule has 4 nitrogen and oxygen atoms in total. The number of rotatable bonds is 4. The van der Waals surface area contributed by atoms with E-state index in [1.165, 1.54) is 0 Å². The van der Waals surface area contributed by atoms with Crippen LogP contribution in [0.15, 0.2) is 90.2 Å². The van der Waals surface area contributed by atoms with Crippen molar-refractivity contribution in [1.29, 1.82) is 0 Å². The second kappa shape index (κ2) is 6.85. The predicted molar refractivity (Wildman–Crippen MR) is 110 cm³/mol. The lowest BCUT2D eigenvalue weighted by molar-refractivity contribution is 0.960. The third kappa shape index (κ3) is 3.06. The molecule has 0 spiro atoms. The van der Waals surface area contributed by atoms with Crippen molar-refractivity contribution in [2.24, 2.45) is 0 Å². The van der Waals surface area contributed by atoms with E-state index < -0.39 is 0 Å². The molecule has 0 saturated heterocycles. The van der Waals surface area contributed by atoms with Crippen molar-refractivity contribution >= 4 is 28.2 Å². The first-order chi connectivity index (χ1) is 13.4. The molecule has 0 saturated carbocycles. The first kappa shape index (κ1) is 16.0. The van der Waals surface area contributed by atoms with Crippen LogP contribution in [0, 0.1) is 0 Å². The van der Waals surface area contributed by atoms with E-state index >= 15 is 0 Å². The molecule has 0 aliphatic rings. The second-order valence-corrected chi connectivity index (χ2v) is 7.22. The standard InChI is InChI=1S/C22H16N4S/c1-2-8-16(9-3-1)21-18-10-4-5-11-19(18)22(25-24-21)27-15-17-14-26-13-7-6-12-20(26)23-17/h1-14H,15H2. The predicted octanol–water partition coefficient (Wildman–Crippen LogP) is 5.24. The van der Waals surface area contributed by atoms with Crippen LogP contribution >= 0.6 is 11.8 Å². The lowest BCUT2D eigenvalue weighted by Crippen LogP contribution is -1.94. The molecule has 0 amide bonds. The number of pyridine rings is 1. The van der Waals surface area contributed by atoms with Gasteiger partial charge in [-0.2, -0.15) is 0 Å². The zero-order chi connectivity index (χ0) is 18.1. The summed E-state index contributed by atoms with van der Waals surface area (Å²) in [4.78, 5) is 4.67. The van der Waals surface area contributed by atoms with Crippen LogP contribution in [-0.2, 0) is 5.75 Å². The van der Waals surface area contributed by atoms with E-state index in [9.17, 15) is 0 Å². The minimum Gasteiger partial charge on any atom is -0.307 e. The van der Waals surface area contributed by atoms with Gasteiger partial charge in [-0.1, -0.05) is 72.4 Å². The van der Waals surface area contributed by atoms with Gasteiger partial charge in [-0.3, -0.25) is 0 Å². The number of fused-ring (bicyclic) bond motifs is 2. The van der Waals surface area contributed by atoms with Gasteiger partial charge in [0.2, 0.25) is 0 Å². The normalized spacial score (nSPS) is 11.3. The van der Waals surface area contributed by atoms with Crippen molar-refractivity contribution < 1.29 is 0 Å². The molecule has 0 bridgehead atoms. The lowest BCUT2D eigenvalue weighted by Gasteiger charge is -2.08. The first-order valence-corrected chi connectivity index (χ1v) is 9.73. The van der Waals surface area contributed by atoms with Crippen molar-refractivity contribution in [2.45, 2.75) is 10.8 Å². The Kier molecular flexibility index (Phi) is 4.07. The molecular formula is C22H16N4S. The highest BCUT2D eigenvalue weighted by molar-refractivity contribution is 7.98. The smallest absolute Gasteiger partial charge is 0.137 e. The molecular weight excluding hydrogens is 352 g/mol. The molecule has 0 N–H and O–H groups in total. The summed E-state index contributed by atoms with van der Waals surface area (Å²) >= 11 is 1.67. The van der Waals surface area contributed by atoms with Crippen molar-refractivity contribution in [2.75, 3.05) is 0 Å². The molecule has 0 atom stereocenters. The van der Waals surface area contributed by atoms with Gasteiger partial charge in [0, 0.05) is 34.5 Å². The molecule has 0 aliphatic heterocycles. The molecule has 27 heavy (non-hydrogen) atoms. The topological polar surface area (TPSA) is 43.1 Å². The highest BCUT2D eigenvalue weighted by Crippen LogP contribution is 2.32. The summed E-state index contributed by atoms with van der Waals surface area (Å²) in [6, 6.07) is 24.5. The van der Waals surface area contributed by atoms with Crippen molar-refractivity contribution in [3.63, 3.8) is 0 Å². The number of hydrogen-bond acceptors (Lipinski definition) is 4. The fraction of sp³-hybridized carbons (Fsp3) is 0.0455. The zero-order valence-electron chi connectivity index (χ0n) is 14.5. The van der Waals surface area contributed by atoms with E-state index in [-0.39, 0.29) is 0 Å². The van der Waals surface area contributed by atoms with Crippen LogP contribution in [0.2, 0.25) is 0 Å². The van der Waals surface area contributed by atoms with Gasteiger partial charge >= 0.3 is 0 Å². The van der Waals surface area contributed by atoms with E-state index in [4.69, 9.17) is 0 Å². The van der Waals surface area contributed by atoms with Gasteiger partial charge in [0.1, 0.15) is 16.4 Å². The minimum atomic E-state index is 0.755. The maximum absolute atomic E-state index is 4.67. The van der Waals surface area contributed by atoms with Gasteiger partial charge in [-0.15, -0.1) is 10.2 Å². The van der Waals surface area contributed by atoms with Crippen LogP contribution < -0.4 is 0 Å². The lowest BCUT2D eigenvalue weighted by atomic mass is 10.1. The van der Waals surface area contributed by atoms with Gasteiger partial charge in [-0.05, 0) is 12.1 Å². The third-order valence-electron chi connectivity index (χ3n) is 4.47. The molecule has 0 aliphatic carbocycles. The van der Waals surface area contributed by atoms with Crippen LogP contribution in [0.3, 0.4) is 0 Å². The zero-order valence-corrected chi connectivity index (χ0v) is 15.3. The third-order valence-corrected chi connectivity index (χ3v) is 5.49. The Morgan fingerprint density at radius 3 is 2.41 bits per heavy atom. The SMILES string of the molecule is c1ccc(-c2nnc(SCc3cn4ccccc4n3)c3ccccc23)cc1. The van der Waals surface area contributed by atoms with Crippen LogP contribution in [0.25, 0.3) is 27.7 Å². The Morgan fingerprint density at radius 1 is 0.778 bits per heavy atom. The summed E-state index contributed by atoms with van der Waals surface area (Å²) in [5.41, 5.74) is 3.99. The summed E-state index contributed by atoms with van der Waals surface area (Å²) in [7, 11) is 0. The highest BCUT2D eigenvalue weighted by Gasteiger charge is 2.12. The summed E-state index contributed by atoms with van der Waals surface area (Å²) < 4.78 is 2.04. The summed E-state index contributed by atoms with van der Waals surface area (Å²) in [5, 5.41) is 12.2. The van der Waals surface area contributed by atoms with Crippen LogP contribution in [0.1, 0.15) is 5.69 Å². The van der Waals surface area contributed by atoms with Crippen molar-refractivity contribution in [3.05, 3.63) is 90.9 Å². The Hall–Kier alpha value is -3.18. The molecule has 3 heterocycles. The van der Waals surface area contributed by atoms with E-state index in [1.54, 1.807) is 11.8 Å². The van der Waals surface area contributed by atoms with Gasteiger partial charge in [-0.25, -0.2) is 4.98 Å². The number of imidazole rings is 1. The molecule has 5 rings (SSSR count). The molecule has 5 aromatic rings. The van der Waals surface area contributed by atoms with E-state index in [1.807, 2.05) is 59.1 Å². The van der Waals surface area contributed by atoms with Crippen LogP contribution in [0.4, 0.5) is 0 Å². The number of hydrogen-bond donors (Lipinski definition) is 0. The Labute approximate surface area is 160 Å². The quantitative estimate of drug-likeness (QED) is 0.407. The fourth-order valence-corrected chi connectivity index (χ4v) is 4.05. The average molecular weight is 368 g/mol. The van der Waals surface area contributed by atoms with Gasteiger partial charge in [0.05, 0.1) is 5.69 Å². The van der Waals surface area contributed by atoms with Crippen LogP contribution in [-0.4, -0.2) is 19.6 Å². The molecule has 130 valence electrons. The summed E-state index contributed by atoms with van der Waals surface area (Å²) in [6.07, 6.45) is 4.08. The molecule has 5 heteroatoms. The maximum atomic E-state index is 4.67. The molecule has 0 radical (unpaired) electrons. The first-order valence-electron chi connectivity index (χ1n) is 8.75.